The molecule has 0 unspecified atom stereocenters. The largest absolute Gasteiger partial charge is 0.493 e. The lowest BCUT2D eigenvalue weighted by atomic mass is 10.0. The molecule has 4 nitrogen and oxygen atoms in total. The van der Waals surface area contributed by atoms with Crippen LogP contribution in [0.5, 0.6) is 11.5 Å². The molecule has 0 saturated heterocycles. The summed E-state index contributed by atoms with van der Waals surface area (Å²) in [5.74, 6) is 1.44. The van der Waals surface area contributed by atoms with Crippen LogP contribution in [0.4, 0.5) is 11.4 Å². The van der Waals surface area contributed by atoms with Crippen LogP contribution in [0, 0.1) is 0 Å². The first-order valence-corrected chi connectivity index (χ1v) is 5.99. The van der Waals surface area contributed by atoms with E-state index in [1.165, 1.54) is 0 Å². The maximum Gasteiger partial charge on any atom is 0.164 e. The number of rotatable bonds is 4. The average Bonchev–Trinajstić information content (AvgIpc) is 2.42. The quantitative estimate of drug-likeness (QED) is 0.826. The second-order valence-corrected chi connectivity index (χ2v) is 4.29. The van der Waals surface area contributed by atoms with Crippen molar-refractivity contribution in [2.45, 2.75) is 6.42 Å². The van der Waals surface area contributed by atoms with E-state index in [0.29, 0.717) is 17.9 Å². The van der Waals surface area contributed by atoms with E-state index in [-0.39, 0.29) is 0 Å². The summed E-state index contributed by atoms with van der Waals surface area (Å²) >= 11 is 0. The number of methoxy groups -OCH3 is 2. The van der Waals surface area contributed by atoms with Crippen molar-refractivity contribution in [1.82, 2.24) is 0 Å². The van der Waals surface area contributed by atoms with Crippen molar-refractivity contribution >= 4 is 11.4 Å². The van der Waals surface area contributed by atoms with Crippen LogP contribution in [0.2, 0.25) is 0 Å². The van der Waals surface area contributed by atoms with Gasteiger partial charge in [-0.25, -0.2) is 0 Å². The minimum atomic E-state index is 0.650. The molecule has 2 aromatic rings. The van der Waals surface area contributed by atoms with Crippen molar-refractivity contribution in [2.75, 3.05) is 25.7 Å². The lowest BCUT2D eigenvalue weighted by Crippen LogP contribution is -2.00. The molecule has 2 aromatic carbocycles. The fourth-order valence-corrected chi connectivity index (χ4v) is 2.08. The molecule has 0 aliphatic carbocycles. The Hall–Kier alpha value is -2.36. The third-order valence-corrected chi connectivity index (χ3v) is 3.03. The highest BCUT2D eigenvalue weighted by molar-refractivity contribution is 5.58. The van der Waals surface area contributed by atoms with Gasteiger partial charge in [0, 0.05) is 23.4 Å². The Morgan fingerprint density at radius 1 is 0.947 bits per heavy atom. The van der Waals surface area contributed by atoms with Gasteiger partial charge in [-0.1, -0.05) is 12.1 Å². The highest BCUT2D eigenvalue weighted by Gasteiger charge is 2.11. The molecule has 19 heavy (non-hydrogen) atoms. The summed E-state index contributed by atoms with van der Waals surface area (Å²) < 4.78 is 10.7. The Kier molecular flexibility index (Phi) is 3.80. The van der Waals surface area contributed by atoms with Gasteiger partial charge in [-0.15, -0.1) is 0 Å². The molecule has 0 spiro atoms. The van der Waals surface area contributed by atoms with Crippen molar-refractivity contribution < 1.29 is 9.47 Å². The van der Waals surface area contributed by atoms with Crippen LogP contribution in [0.3, 0.4) is 0 Å². The fraction of sp³-hybridized carbons (Fsp3) is 0.200. The van der Waals surface area contributed by atoms with Crippen LogP contribution >= 0.6 is 0 Å². The van der Waals surface area contributed by atoms with Crippen LogP contribution in [0.25, 0.3) is 0 Å². The van der Waals surface area contributed by atoms with Gasteiger partial charge in [0.15, 0.2) is 11.5 Å². The third kappa shape index (κ3) is 2.73. The minimum Gasteiger partial charge on any atom is -0.493 e. The molecule has 2 rings (SSSR count). The van der Waals surface area contributed by atoms with E-state index in [2.05, 4.69) is 0 Å². The third-order valence-electron chi connectivity index (χ3n) is 3.03. The van der Waals surface area contributed by atoms with Crippen LogP contribution in [0.1, 0.15) is 11.1 Å². The summed E-state index contributed by atoms with van der Waals surface area (Å²) in [4.78, 5) is 0. The first kappa shape index (κ1) is 13.1. The van der Waals surface area contributed by atoms with Crippen molar-refractivity contribution in [1.29, 1.82) is 0 Å². The number of nitrogens with two attached hydrogens (primary N) is 2. The lowest BCUT2D eigenvalue weighted by molar-refractivity contribution is 0.352. The zero-order chi connectivity index (χ0) is 13.8. The van der Waals surface area contributed by atoms with Gasteiger partial charge in [0.05, 0.1) is 14.2 Å². The summed E-state index contributed by atoms with van der Waals surface area (Å²) in [7, 11) is 3.25. The predicted octanol–water partition coefficient (Wildman–Crippen LogP) is 2.46. The zero-order valence-electron chi connectivity index (χ0n) is 11.1. The summed E-state index contributed by atoms with van der Waals surface area (Å²) in [6.07, 6.45) is 0.650. The van der Waals surface area contributed by atoms with Crippen molar-refractivity contribution in [2.24, 2.45) is 0 Å². The molecule has 0 fully saturated rings. The Bertz CT molecular complexity index is 582. The lowest BCUT2D eigenvalue weighted by Gasteiger charge is -2.13. The molecule has 0 radical (unpaired) electrons. The Labute approximate surface area is 112 Å². The molecule has 0 heterocycles. The zero-order valence-corrected chi connectivity index (χ0v) is 11.1. The van der Waals surface area contributed by atoms with E-state index in [1.54, 1.807) is 20.3 Å². The number of para-hydroxylation sites is 1. The van der Waals surface area contributed by atoms with E-state index in [0.717, 1.165) is 22.6 Å². The highest BCUT2D eigenvalue weighted by Crippen LogP contribution is 2.33. The van der Waals surface area contributed by atoms with Crippen LogP contribution in [0.15, 0.2) is 36.4 Å². The summed E-state index contributed by atoms with van der Waals surface area (Å²) in [5, 5.41) is 0. The normalized spacial score (nSPS) is 10.2. The highest BCUT2D eigenvalue weighted by atomic mass is 16.5. The molecule has 0 amide bonds. The van der Waals surface area contributed by atoms with Crippen molar-refractivity contribution in [3.8, 4) is 11.5 Å². The molecule has 0 atom stereocenters. The van der Waals surface area contributed by atoms with Gasteiger partial charge in [-0.2, -0.15) is 0 Å². The van der Waals surface area contributed by atoms with Gasteiger partial charge in [0.1, 0.15) is 0 Å². The number of hydrogen-bond donors (Lipinski definition) is 2. The van der Waals surface area contributed by atoms with Gasteiger partial charge in [0.2, 0.25) is 0 Å². The first-order valence-electron chi connectivity index (χ1n) is 5.99. The number of ether oxygens (including phenoxy) is 2. The topological polar surface area (TPSA) is 70.5 Å². The maximum atomic E-state index is 5.97. The summed E-state index contributed by atoms with van der Waals surface area (Å²) in [5.41, 5.74) is 15.2. The van der Waals surface area contributed by atoms with Gasteiger partial charge < -0.3 is 20.9 Å². The van der Waals surface area contributed by atoms with Crippen LogP contribution in [-0.4, -0.2) is 14.2 Å². The number of anilines is 2. The molecule has 0 bridgehead atoms. The molecule has 0 aromatic heterocycles. The SMILES string of the molecule is COc1cccc(Cc2cc(N)ccc2N)c1OC. The monoisotopic (exact) mass is 258 g/mol. The molecular formula is C15H18N2O2. The van der Waals surface area contributed by atoms with Crippen LogP contribution in [-0.2, 0) is 6.42 Å². The number of benzene rings is 2. The molecule has 0 aliphatic rings. The van der Waals surface area contributed by atoms with Gasteiger partial charge in [0.25, 0.3) is 0 Å². The fourth-order valence-electron chi connectivity index (χ4n) is 2.08. The Morgan fingerprint density at radius 2 is 1.74 bits per heavy atom. The molecular weight excluding hydrogens is 240 g/mol. The van der Waals surface area contributed by atoms with Gasteiger partial charge in [-0.3, -0.25) is 0 Å². The van der Waals surface area contributed by atoms with Gasteiger partial charge >= 0.3 is 0 Å². The van der Waals surface area contributed by atoms with E-state index in [9.17, 15) is 0 Å². The summed E-state index contributed by atoms with van der Waals surface area (Å²) in [6.45, 7) is 0. The second kappa shape index (κ2) is 5.52. The maximum absolute atomic E-state index is 5.97. The summed E-state index contributed by atoms with van der Waals surface area (Å²) in [6, 6.07) is 11.3. The first-order chi connectivity index (χ1) is 9.15. The number of hydrogen-bond acceptors (Lipinski definition) is 4. The average molecular weight is 258 g/mol. The molecule has 0 aliphatic heterocycles. The smallest absolute Gasteiger partial charge is 0.164 e. The second-order valence-electron chi connectivity index (χ2n) is 4.29. The van der Waals surface area contributed by atoms with Gasteiger partial charge in [-0.05, 0) is 29.8 Å². The standard InChI is InChI=1S/C15H18N2O2/c1-18-14-5-3-4-10(15(14)19-2)8-11-9-12(16)6-7-13(11)17/h3-7,9H,8,16-17H2,1-2H3. The predicted molar refractivity (Wildman–Crippen MR) is 77.6 cm³/mol. The molecule has 4 heteroatoms. The minimum absolute atomic E-state index is 0.650. The van der Waals surface area contributed by atoms with E-state index in [1.807, 2.05) is 30.3 Å². The van der Waals surface area contributed by atoms with Crippen molar-refractivity contribution in [3.63, 3.8) is 0 Å². The van der Waals surface area contributed by atoms with E-state index >= 15 is 0 Å². The van der Waals surface area contributed by atoms with Crippen LogP contribution < -0.4 is 20.9 Å². The molecule has 100 valence electrons. The number of nitrogen functional groups attached to an aromatic ring is 2. The van der Waals surface area contributed by atoms with E-state index < -0.39 is 0 Å². The van der Waals surface area contributed by atoms with E-state index in [4.69, 9.17) is 20.9 Å². The Morgan fingerprint density at radius 3 is 2.42 bits per heavy atom. The molecule has 0 saturated carbocycles. The van der Waals surface area contributed by atoms with Crippen molar-refractivity contribution in [3.05, 3.63) is 47.5 Å². The molecule has 4 N–H and O–H groups in total. The Balaban J connectivity index is 2.40.